The molecule has 1 saturated heterocycles. The standard InChI is InChI=1S/C17H23NO5S2/c1-3-13-4-6-14(7-5-13)18-17(20)12(2)23-16(19)10-24-15-8-9-25(21,22)11-15/h4-7,12,15H,3,8-11H2,1-2H3,(H,18,20)/t12-,15-/m1/s1. The van der Waals surface area contributed by atoms with Gasteiger partial charge in [0.15, 0.2) is 15.9 Å². The number of benzene rings is 1. The van der Waals surface area contributed by atoms with Gasteiger partial charge in [0, 0.05) is 10.9 Å². The van der Waals surface area contributed by atoms with Crippen LogP contribution >= 0.6 is 11.8 Å². The van der Waals surface area contributed by atoms with Crippen molar-refractivity contribution in [2.45, 2.75) is 38.0 Å². The second kappa shape index (κ2) is 8.71. The Bertz CT molecular complexity index is 715. The predicted molar refractivity (Wildman–Crippen MR) is 99.5 cm³/mol. The van der Waals surface area contributed by atoms with E-state index in [2.05, 4.69) is 5.32 Å². The highest BCUT2D eigenvalue weighted by Gasteiger charge is 2.29. The van der Waals surface area contributed by atoms with Crippen molar-refractivity contribution < 1.29 is 22.7 Å². The quantitative estimate of drug-likeness (QED) is 0.723. The van der Waals surface area contributed by atoms with E-state index >= 15 is 0 Å². The highest BCUT2D eigenvalue weighted by molar-refractivity contribution is 8.02. The van der Waals surface area contributed by atoms with Crippen molar-refractivity contribution in [3.8, 4) is 0 Å². The number of carbonyl (C=O) groups is 2. The number of thioether (sulfide) groups is 1. The minimum Gasteiger partial charge on any atom is -0.452 e. The molecule has 1 aliphatic heterocycles. The molecule has 0 aromatic heterocycles. The van der Waals surface area contributed by atoms with E-state index in [1.54, 1.807) is 0 Å². The number of rotatable bonds is 7. The molecule has 0 saturated carbocycles. The summed E-state index contributed by atoms with van der Waals surface area (Å²) in [6, 6.07) is 7.47. The van der Waals surface area contributed by atoms with Crippen molar-refractivity contribution in [2.75, 3.05) is 22.6 Å². The van der Waals surface area contributed by atoms with E-state index in [1.807, 2.05) is 31.2 Å². The first-order chi connectivity index (χ1) is 11.8. The number of carbonyl (C=O) groups excluding carboxylic acids is 2. The molecule has 0 bridgehead atoms. The Balaban J connectivity index is 1.74. The monoisotopic (exact) mass is 385 g/mol. The summed E-state index contributed by atoms with van der Waals surface area (Å²) in [6.45, 7) is 3.56. The Labute approximate surface area is 152 Å². The maximum absolute atomic E-state index is 12.1. The first-order valence-electron chi connectivity index (χ1n) is 8.20. The molecular weight excluding hydrogens is 362 g/mol. The Morgan fingerprint density at radius 2 is 2.00 bits per heavy atom. The number of nitrogens with one attached hydrogen (secondary N) is 1. The van der Waals surface area contributed by atoms with Gasteiger partial charge in [0.2, 0.25) is 0 Å². The molecule has 1 aromatic carbocycles. The minimum atomic E-state index is -2.96. The Kier molecular flexibility index (Phi) is 6.89. The Morgan fingerprint density at radius 1 is 1.32 bits per heavy atom. The zero-order valence-electron chi connectivity index (χ0n) is 14.4. The second-order valence-corrected chi connectivity index (χ2v) is 9.53. The lowest BCUT2D eigenvalue weighted by atomic mass is 10.1. The van der Waals surface area contributed by atoms with Crippen LogP contribution in [0.4, 0.5) is 5.69 Å². The van der Waals surface area contributed by atoms with Gasteiger partial charge in [-0.2, -0.15) is 0 Å². The first kappa shape index (κ1) is 19.8. The van der Waals surface area contributed by atoms with Gasteiger partial charge in [-0.05, 0) is 37.5 Å². The number of anilines is 1. The molecule has 0 spiro atoms. The van der Waals surface area contributed by atoms with Gasteiger partial charge in [-0.15, -0.1) is 11.8 Å². The SMILES string of the molecule is CCc1ccc(NC(=O)[C@@H](C)OC(=O)CS[C@@H]2CCS(=O)(=O)C2)cc1. The van der Waals surface area contributed by atoms with Gasteiger partial charge in [0.05, 0.1) is 17.3 Å². The largest absolute Gasteiger partial charge is 0.452 e. The van der Waals surface area contributed by atoms with Crippen LogP contribution in [0.2, 0.25) is 0 Å². The molecule has 1 heterocycles. The molecule has 8 heteroatoms. The smallest absolute Gasteiger partial charge is 0.316 e. The molecule has 1 fully saturated rings. The van der Waals surface area contributed by atoms with E-state index in [-0.39, 0.29) is 22.5 Å². The number of esters is 1. The average molecular weight is 386 g/mol. The van der Waals surface area contributed by atoms with Crippen molar-refractivity contribution in [1.82, 2.24) is 0 Å². The van der Waals surface area contributed by atoms with Crippen LogP contribution in [-0.2, 0) is 30.6 Å². The molecule has 1 aliphatic rings. The predicted octanol–water partition coefficient (Wildman–Crippen LogP) is 2.04. The summed E-state index contributed by atoms with van der Waals surface area (Å²) in [7, 11) is -2.96. The van der Waals surface area contributed by atoms with Gasteiger partial charge in [0.25, 0.3) is 5.91 Å². The van der Waals surface area contributed by atoms with Crippen LogP contribution < -0.4 is 5.32 Å². The summed E-state index contributed by atoms with van der Waals surface area (Å²) in [5.74, 6) is -0.586. The fourth-order valence-electron chi connectivity index (χ4n) is 2.43. The highest BCUT2D eigenvalue weighted by atomic mass is 32.2. The van der Waals surface area contributed by atoms with E-state index in [0.29, 0.717) is 12.1 Å². The van der Waals surface area contributed by atoms with Gasteiger partial charge >= 0.3 is 5.97 Å². The highest BCUT2D eigenvalue weighted by Crippen LogP contribution is 2.24. The average Bonchev–Trinajstić information content (AvgIpc) is 2.92. The van der Waals surface area contributed by atoms with Crippen LogP contribution in [-0.4, -0.2) is 48.9 Å². The third-order valence-electron chi connectivity index (χ3n) is 3.93. The lowest BCUT2D eigenvalue weighted by molar-refractivity contribution is -0.150. The molecule has 1 N–H and O–H groups in total. The van der Waals surface area contributed by atoms with Gasteiger partial charge < -0.3 is 10.1 Å². The van der Waals surface area contributed by atoms with E-state index in [9.17, 15) is 18.0 Å². The van der Waals surface area contributed by atoms with Crippen LogP contribution in [0.5, 0.6) is 0 Å². The molecule has 2 atom stereocenters. The lowest BCUT2D eigenvalue weighted by Gasteiger charge is -2.14. The summed E-state index contributed by atoms with van der Waals surface area (Å²) >= 11 is 1.27. The molecule has 1 amide bonds. The number of aryl methyl sites for hydroxylation is 1. The normalized spacial score (nSPS) is 20.0. The molecule has 0 unspecified atom stereocenters. The fourth-order valence-corrected chi connectivity index (χ4v) is 5.85. The lowest BCUT2D eigenvalue weighted by Crippen LogP contribution is -2.30. The number of hydrogen-bond acceptors (Lipinski definition) is 6. The van der Waals surface area contributed by atoms with E-state index in [0.717, 1.165) is 6.42 Å². The van der Waals surface area contributed by atoms with Crippen LogP contribution in [0.15, 0.2) is 24.3 Å². The summed E-state index contributed by atoms with van der Waals surface area (Å²) < 4.78 is 27.9. The van der Waals surface area contributed by atoms with Crippen LogP contribution in [0.3, 0.4) is 0 Å². The van der Waals surface area contributed by atoms with Crippen molar-refractivity contribution in [3.05, 3.63) is 29.8 Å². The fraction of sp³-hybridized carbons (Fsp3) is 0.529. The van der Waals surface area contributed by atoms with E-state index in [1.165, 1.54) is 24.2 Å². The third-order valence-corrected chi connectivity index (χ3v) is 7.19. The van der Waals surface area contributed by atoms with Gasteiger partial charge in [-0.1, -0.05) is 19.1 Å². The maximum Gasteiger partial charge on any atom is 0.316 e. The molecule has 1 aromatic rings. The topological polar surface area (TPSA) is 89.5 Å². The Morgan fingerprint density at radius 3 is 2.56 bits per heavy atom. The second-order valence-electron chi connectivity index (χ2n) is 6.01. The number of hydrogen-bond donors (Lipinski definition) is 1. The van der Waals surface area contributed by atoms with Gasteiger partial charge in [0.1, 0.15) is 0 Å². The van der Waals surface area contributed by atoms with E-state index < -0.39 is 27.8 Å². The summed E-state index contributed by atoms with van der Waals surface area (Å²) in [5.41, 5.74) is 1.82. The molecule has 25 heavy (non-hydrogen) atoms. The maximum atomic E-state index is 12.1. The number of sulfone groups is 1. The minimum absolute atomic E-state index is 0.0446. The molecule has 0 radical (unpaired) electrons. The van der Waals surface area contributed by atoms with Gasteiger partial charge in [-0.25, -0.2) is 8.42 Å². The first-order valence-corrected chi connectivity index (χ1v) is 11.1. The zero-order chi connectivity index (χ0) is 18.4. The zero-order valence-corrected chi connectivity index (χ0v) is 16.0. The molecule has 6 nitrogen and oxygen atoms in total. The van der Waals surface area contributed by atoms with Crippen LogP contribution in [0, 0.1) is 0 Å². The number of amides is 1. The molecule has 0 aliphatic carbocycles. The van der Waals surface area contributed by atoms with Crippen LogP contribution in [0.1, 0.15) is 25.8 Å². The van der Waals surface area contributed by atoms with Crippen molar-refractivity contribution >= 4 is 39.2 Å². The molecule has 138 valence electrons. The molecular formula is C17H23NO5S2. The van der Waals surface area contributed by atoms with E-state index in [4.69, 9.17) is 4.74 Å². The summed E-state index contributed by atoms with van der Waals surface area (Å²) in [5, 5.41) is 2.63. The summed E-state index contributed by atoms with van der Waals surface area (Å²) in [6.07, 6.45) is 0.568. The molecule has 2 rings (SSSR count). The van der Waals surface area contributed by atoms with Crippen molar-refractivity contribution in [1.29, 1.82) is 0 Å². The van der Waals surface area contributed by atoms with Crippen molar-refractivity contribution in [3.63, 3.8) is 0 Å². The third kappa shape index (κ3) is 6.36. The van der Waals surface area contributed by atoms with Crippen molar-refractivity contribution in [2.24, 2.45) is 0 Å². The number of ether oxygens (including phenoxy) is 1. The van der Waals surface area contributed by atoms with Crippen LogP contribution in [0.25, 0.3) is 0 Å². The summed E-state index contributed by atoms with van der Waals surface area (Å²) in [4.78, 5) is 23.9. The van der Waals surface area contributed by atoms with Gasteiger partial charge in [-0.3, -0.25) is 9.59 Å². The Hall–Kier alpha value is -1.54.